The largest absolute Gasteiger partial charge is 0.497 e. The lowest BCUT2D eigenvalue weighted by molar-refractivity contribution is 0.415. The van der Waals surface area contributed by atoms with Crippen LogP contribution in [0.1, 0.15) is 19.4 Å². The molecule has 1 atom stereocenters. The maximum Gasteiger partial charge on any atom is 0.120 e. The van der Waals surface area contributed by atoms with Crippen LogP contribution in [0.3, 0.4) is 0 Å². The quantitative estimate of drug-likeness (QED) is 0.671. The smallest absolute Gasteiger partial charge is 0.120 e. The number of fused-ring (bicyclic) bond motifs is 1. The van der Waals surface area contributed by atoms with Gasteiger partial charge in [-0.25, -0.2) is 4.21 Å². The van der Waals surface area contributed by atoms with Crippen LogP contribution in [0.5, 0.6) is 5.75 Å². The first-order valence-electron chi connectivity index (χ1n) is 8.71. The van der Waals surface area contributed by atoms with E-state index in [-0.39, 0.29) is 0 Å². The van der Waals surface area contributed by atoms with Gasteiger partial charge in [0, 0.05) is 39.6 Å². The first kappa shape index (κ1) is 18.9. The SMILES string of the molecule is CC=S(C)(=O)Nc1ccc(-c2c(C#N)c3ccc(OC)cc3n2CC)cc1. The van der Waals surface area contributed by atoms with Gasteiger partial charge in [0.2, 0.25) is 0 Å². The topological polar surface area (TPSA) is 67.1 Å². The first-order chi connectivity index (χ1) is 12.9. The Kier molecular flexibility index (Phi) is 5.15. The Morgan fingerprint density at radius 2 is 1.96 bits per heavy atom. The van der Waals surface area contributed by atoms with Gasteiger partial charge in [0.15, 0.2) is 0 Å². The summed E-state index contributed by atoms with van der Waals surface area (Å²) in [6, 6.07) is 15.8. The number of benzene rings is 2. The molecule has 0 amide bonds. The molecule has 1 aromatic heterocycles. The van der Waals surface area contributed by atoms with E-state index < -0.39 is 9.71 Å². The summed E-state index contributed by atoms with van der Waals surface area (Å²) >= 11 is 0. The van der Waals surface area contributed by atoms with E-state index in [0.29, 0.717) is 5.56 Å². The lowest BCUT2D eigenvalue weighted by Gasteiger charge is -2.12. The third kappa shape index (κ3) is 3.51. The van der Waals surface area contributed by atoms with E-state index in [2.05, 4.69) is 22.3 Å². The summed E-state index contributed by atoms with van der Waals surface area (Å²) in [5.74, 6) is 0.763. The van der Waals surface area contributed by atoms with Gasteiger partial charge in [0.1, 0.15) is 11.8 Å². The fourth-order valence-electron chi connectivity index (χ4n) is 3.19. The van der Waals surface area contributed by atoms with Crippen LogP contribution >= 0.6 is 0 Å². The van der Waals surface area contributed by atoms with Crippen molar-refractivity contribution < 1.29 is 8.95 Å². The van der Waals surface area contributed by atoms with Crippen molar-refractivity contribution >= 4 is 31.7 Å². The van der Waals surface area contributed by atoms with Gasteiger partial charge < -0.3 is 14.0 Å². The van der Waals surface area contributed by atoms with Gasteiger partial charge in [-0.2, -0.15) is 5.26 Å². The van der Waals surface area contributed by atoms with E-state index in [4.69, 9.17) is 4.74 Å². The molecule has 3 rings (SSSR count). The van der Waals surface area contributed by atoms with Crippen molar-refractivity contribution in [3.63, 3.8) is 0 Å². The minimum absolute atomic E-state index is 0.649. The lowest BCUT2D eigenvalue weighted by Crippen LogP contribution is -2.11. The summed E-state index contributed by atoms with van der Waals surface area (Å²) in [4.78, 5) is 0. The molecule has 2 aromatic carbocycles. The molecule has 0 saturated heterocycles. The molecule has 5 nitrogen and oxygen atoms in total. The number of aryl methyl sites for hydroxylation is 1. The molecule has 1 unspecified atom stereocenters. The van der Waals surface area contributed by atoms with Crippen molar-refractivity contribution in [2.45, 2.75) is 20.4 Å². The highest BCUT2D eigenvalue weighted by atomic mass is 32.2. The molecular formula is C21H23N3O2S. The number of methoxy groups -OCH3 is 1. The van der Waals surface area contributed by atoms with E-state index >= 15 is 0 Å². The minimum atomic E-state index is -2.20. The molecule has 0 aliphatic carbocycles. The summed E-state index contributed by atoms with van der Waals surface area (Å²) < 4.78 is 22.7. The zero-order valence-electron chi connectivity index (χ0n) is 15.9. The maximum atomic E-state index is 12.2. The number of anilines is 1. The molecule has 0 saturated carbocycles. The second kappa shape index (κ2) is 7.37. The van der Waals surface area contributed by atoms with Gasteiger partial charge in [-0.1, -0.05) is 12.1 Å². The number of nitrogens with one attached hydrogen (secondary N) is 1. The molecule has 0 spiro atoms. The van der Waals surface area contributed by atoms with Crippen molar-refractivity contribution in [2.24, 2.45) is 0 Å². The van der Waals surface area contributed by atoms with Crippen molar-refractivity contribution in [1.82, 2.24) is 4.57 Å². The Morgan fingerprint density at radius 1 is 1.26 bits per heavy atom. The van der Waals surface area contributed by atoms with Crippen LogP contribution in [0, 0.1) is 11.3 Å². The van der Waals surface area contributed by atoms with Crippen LogP contribution in [0.4, 0.5) is 5.69 Å². The Labute approximate surface area is 160 Å². The fourth-order valence-corrected chi connectivity index (χ4v) is 3.91. The normalized spacial score (nSPS) is 13.0. The van der Waals surface area contributed by atoms with Gasteiger partial charge in [0.25, 0.3) is 0 Å². The molecule has 1 N–H and O–H groups in total. The van der Waals surface area contributed by atoms with Gasteiger partial charge in [-0.3, -0.25) is 0 Å². The summed E-state index contributed by atoms with van der Waals surface area (Å²) in [6.45, 7) is 4.56. The Balaban J connectivity index is 2.16. The third-order valence-corrected chi connectivity index (χ3v) is 6.17. The minimum Gasteiger partial charge on any atom is -0.497 e. The predicted molar refractivity (Wildman–Crippen MR) is 114 cm³/mol. The molecular weight excluding hydrogens is 358 g/mol. The average molecular weight is 382 g/mol. The van der Waals surface area contributed by atoms with E-state index in [0.717, 1.165) is 40.1 Å². The molecule has 140 valence electrons. The van der Waals surface area contributed by atoms with E-state index in [9.17, 15) is 9.47 Å². The highest BCUT2D eigenvalue weighted by Crippen LogP contribution is 2.35. The van der Waals surface area contributed by atoms with Crippen LogP contribution in [0.2, 0.25) is 0 Å². The predicted octanol–water partition coefficient (Wildman–Crippen LogP) is 4.27. The van der Waals surface area contributed by atoms with Crippen molar-refractivity contribution in [1.29, 1.82) is 5.26 Å². The molecule has 6 heteroatoms. The van der Waals surface area contributed by atoms with Gasteiger partial charge >= 0.3 is 0 Å². The zero-order valence-corrected chi connectivity index (χ0v) is 16.8. The lowest BCUT2D eigenvalue weighted by atomic mass is 10.1. The third-order valence-electron chi connectivity index (χ3n) is 4.63. The van der Waals surface area contributed by atoms with E-state index in [1.54, 1.807) is 25.7 Å². The average Bonchev–Trinajstić information content (AvgIpc) is 3.00. The monoisotopic (exact) mass is 381 g/mol. The Bertz CT molecular complexity index is 1140. The molecule has 1 heterocycles. The number of nitrogens with zero attached hydrogens (tertiary/aromatic N) is 2. The molecule has 0 aliphatic heterocycles. The molecule has 27 heavy (non-hydrogen) atoms. The Morgan fingerprint density at radius 3 is 2.52 bits per heavy atom. The van der Waals surface area contributed by atoms with Crippen LogP contribution in [-0.2, 0) is 16.3 Å². The first-order valence-corrected chi connectivity index (χ1v) is 10.7. The molecule has 3 aromatic rings. The number of aromatic nitrogens is 1. The second-order valence-electron chi connectivity index (χ2n) is 6.28. The van der Waals surface area contributed by atoms with Crippen molar-refractivity contribution in [3.05, 3.63) is 48.0 Å². The number of ether oxygens (including phenoxy) is 1. The van der Waals surface area contributed by atoms with E-state index in [1.165, 1.54) is 0 Å². The van der Waals surface area contributed by atoms with Crippen molar-refractivity contribution in [3.8, 4) is 23.1 Å². The maximum absolute atomic E-state index is 12.2. The van der Waals surface area contributed by atoms with Crippen LogP contribution in [0.15, 0.2) is 42.5 Å². The Hall–Kier alpha value is -2.91. The zero-order chi connectivity index (χ0) is 19.6. The molecule has 0 radical (unpaired) electrons. The summed E-state index contributed by atoms with van der Waals surface area (Å²) in [5.41, 5.74) is 4.23. The second-order valence-corrected chi connectivity index (χ2v) is 8.77. The van der Waals surface area contributed by atoms with Crippen LogP contribution in [0.25, 0.3) is 22.2 Å². The number of rotatable bonds is 5. The summed E-state index contributed by atoms with van der Waals surface area (Å²) in [5, 5.41) is 12.4. The summed E-state index contributed by atoms with van der Waals surface area (Å²) in [7, 11) is -0.564. The van der Waals surface area contributed by atoms with E-state index in [1.807, 2.05) is 42.5 Å². The summed E-state index contributed by atoms with van der Waals surface area (Å²) in [6.07, 6.45) is 1.66. The highest BCUT2D eigenvalue weighted by molar-refractivity contribution is 8.01. The fraction of sp³-hybridized carbons (Fsp3) is 0.238. The van der Waals surface area contributed by atoms with Crippen LogP contribution < -0.4 is 9.46 Å². The number of hydrogen-bond donors (Lipinski definition) is 1. The van der Waals surface area contributed by atoms with Crippen LogP contribution in [-0.4, -0.2) is 27.5 Å². The van der Waals surface area contributed by atoms with Crippen molar-refractivity contribution in [2.75, 3.05) is 18.1 Å². The number of hydrogen-bond acceptors (Lipinski definition) is 3. The van der Waals surface area contributed by atoms with Gasteiger partial charge in [-0.05, 0) is 49.0 Å². The molecule has 0 fully saturated rings. The number of nitriles is 1. The molecule has 0 bridgehead atoms. The molecule has 0 aliphatic rings. The van der Waals surface area contributed by atoms with Gasteiger partial charge in [0.05, 0.1) is 23.9 Å². The standard InChI is InChI=1S/C21H23N3O2S/c1-5-24-20-13-17(26-3)11-12-18(20)19(14-22)21(24)15-7-9-16(10-8-15)23-27(4,25)6-2/h6-13H,5H2,1-4H3,(H,23,25). The highest BCUT2D eigenvalue weighted by Gasteiger charge is 2.18. The van der Waals surface area contributed by atoms with Gasteiger partial charge in [-0.15, -0.1) is 0 Å².